The number of rotatable bonds is 8. The van der Waals surface area contributed by atoms with Crippen molar-refractivity contribution in [3.8, 4) is 0 Å². The minimum atomic E-state index is 0.289. The second-order valence-corrected chi connectivity index (χ2v) is 8.22. The number of carbonyl (C=O) groups is 1. The van der Waals surface area contributed by atoms with E-state index in [2.05, 4.69) is 37.8 Å². The molecule has 3 heteroatoms. The predicted octanol–water partition coefficient (Wildman–Crippen LogP) is 5.19. The van der Waals surface area contributed by atoms with Crippen LogP contribution in [0.4, 0.5) is 0 Å². The maximum absolute atomic E-state index is 12.4. The lowest BCUT2D eigenvalue weighted by molar-refractivity contribution is 0.0958. The standard InChI is InChI=1S/C20H31NOS/c1-16(2)10-14-23-20-8-7-18(15-17(20)3)19(22)9-13-21-11-5-4-6-12-21/h7-8,15-16H,4-6,9-14H2,1-3H3. The zero-order valence-electron chi connectivity index (χ0n) is 14.9. The predicted molar refractivity (Wildman–Crippen MR) is 101 cm³/mol. The van der Waals surface area contributed by atoms with Gasteiger partial charge in [0.15, 0.2) is 5.78 Å². The summed E-state index contributed by atoms with van der Waals surface area (Å²) in [7, 11) is 0. The summed E-state index contributed by atoms with van der Waals surface area (Å²) in [4.78, 5) is 16.2. The summed E-state index contributed by atoms with van der Waals surface area (Å²) in [5.41, 5.74) is 2.12. The van der Waals surface area contributed by atoms with Gasteiger partial charge in [0.05, 0.1) is 0 Å². The van der Waals surface area contributed by atoms with E-state index < -0.39 is 0 Å². The summed E-state index contributed by atoms with van der Waals surface area (Å²) >= 11 is 1.91. The number of nitrogens with zero attached hydrogens (tertiary/aromatic N) is 1. The summed E-state index contributed by atoms with van der Waals surface area (Å²) in [6, 6.07) is 6.23. The molecular weight excluding hydrogens is 302 g/mol. The molecule has 0 saturated carbocycles. The van der Waals surface area contributed by atoms with Crippen molar-refractivity contribution in [3.63, 3.8) is 0 Å². The van der Waals surface area contributed by atoms with Gasteiger partial charge in [-0.1, -0.05) is 26.3 Å². The van der Waals surface area contributed by atoms with Gasteiger partial charge in [0.2, 0.25) is 0 Å². The maximum Gasteiger partial charge on any atom is 0.164 e. The molecule has 0 aliphatic carbocycles. The summed E-state index contributed by atoms with van der Waals surface area (Å²) in [6.07, 6.45) is 5.81. The molecule has 1 aromatic carbocycles. The van der Waals surface area contributed by atoms with Gasteiger partial charge in [-0.05, 0) is 68.6 Å². The van der Waals surface area contributed by atoms with Crippen molar-refractivity contribution in [1.82, 2.24) is 4.90 Å². The van der Waals surface area contributed by atoms with E-state index >= 15 is 0 Å². The second-order valence-electron chi connectivity index (χ2n) is 7.09. The molecule has 1 aromatic rings. The van der Waals surface area contributed by atoms with Crippen LogP contribution in [0.1, 0.15) is 61.9 Å². The third-order valence-corrected chi connectivity index (χ3v) is 5.76. The number of hydrogen-bond donors (Lipinski definition) is 0. The quantitative estimate of drug-likeness (QED) is 0.482. The Bertz CT molecular complexity index is 506. The summed E-state index contributed by atoms with van der Waals surface area (Å²) in [6.45, 7) is 9.90. The molecule has 0 spiro atoms. The van der Waals surface area contributed by atoms with Crippen molar-refractivity contribution in [2.45, 2.75) is 57.8 Å². The molecule has 0 N–H and O–H groups in total. The van der Waals surface area contributed by atoms with Crippen molar-refractivity contribution >= 4 is 17.5 Å². The Balaban J connectivity index is 1.84. The zero-order valence-corrected chi connectivity index (χ0v) is 15.8. The van der Waals surface area contributed by atoms with Crippen LogP contribution in [0.25, 0.3) is 0 Å². The number of carbonyl (C=O) groups excluding carboxylic acids is 1. The fourth-order valence-electron chi connectivity index (χ4n) is 2.98. The molecule has 1 aliphatic rings. The average Bonchev–Trinajstić information content (AvgIpc) is 2.54. The van der Waals surface area contributed by atoms with Crippen molar-refractivity contribution in [1.29, 1.82) is 0 Å². The van der Waals surface area contributed by atoms with E-state index in [4.69, 9.17) is 0 Å². The smallest absolute Gasteiger partial charge is 0.164 e. The minimum absolute atomic E-state index is 0.289. The van der Waals surface area contributed by atoms with Gasteiger partial charge in [0, 0.05) is 23.4 Å². The monoisotopic (exact) mass is 333 g/mol. The number of aryl methyl sites for hydroxylation is 1. The number of benzene rings is 1. The molecule has 1 fully saturated rings. The number of ketones is 1. The highest BCUT2D eigenvalue weighted by molar-refractivity contribution is 7.99. The van der Waals surface area contributed by atoms with Gasteiger partial charge in [-0.2, -0.15) is 0 Å². The van der Waals surface area contributed by atoms with Crippen LogP contribution in [0.5, 0.6) is 0 Å². The van der Waals surface area contributed by atoms with Gasteiger partial charge in [-0.3, -0.25) is 4.79 Å². The molecule has 1 saturated heterocycles. The van der Waals surface area contributed by atoms with Crippen molar-refractivity contribution in [2.75, 3.05) is 25.4 Å². The van der Waals surface area contributed by atoms with Crippen LogP contribution in [0.15, 0.2) is 23.1 Å². The van der Waals surface area contributed by atoms with Gasteiger partial charge < -0.3 is 4.90 Å². The SMILES string of the molecule is Cc1cc(C(=O)CCN2CCCCC2)ccc1SCCC(C)C. The van der Waals surface area contributed by atoms with Gasteiger partial charge in [0.1, 0.15) is 0 Å². The number of Topliss-reactive ketones (excluding diaryl/α,β-unsaturated/α-hetero) is 1. The molecule has 0 aromatic heterocycles. The number of hydrogen-bond acceptors (Lipinski definition) is 3. The molecule has 128 valence electrons. The normalized spacial score (nSPS) is 16.0. The van der Waals surface area contributed by atoms with Crippen molar-refractivity contribution in [2.24, 2.45) is 5.92 Å². The number of thioether (sulfide) groups is 1. The molecule has 0 unspecified atom stereocenters. The maximum atomic E-state index is 12.4. The first-order valence-corrected chi connectivity index (χ1v) is 10.0. The third-order valence-electron chi connectivity index (χ3n) is 4.55. The van der Waals surface area contributed by atoms with E-state index in [1.807, 2.05) is 17.8 Å². The third kappa shape index (κ3) is 6.31. The van der Waals surface area contributed by atoms with Crippen LogP contribution in [0, 0.1) is 12.8 Å². The highest BCUT2D eigenvalue weighted by Crippen LogP contribution is 2.25. The molecule has 0 bridgehead atoms. The Morgan fingerprint density at radius 3 is 2.61 bits per heavy atom. The lowest BCUT2D eigenvalue weighted by Gasteiger charge is -2.25. The summed E-state index contributed by atoms with van der Waals surface area (Å²) in [5, 5.41) is 0. The lowest BCUT2D eigenvalue weighted by Crippen LogP contribution is -2.31. The molecule has 1 aliphatic heterocycles. The fraction of sp³-hybridized carbons (Fsp3) is 0.650. The van der Waals surface area contributed by atoms with Crippen LogP contribution in [-0.4, -0.2) is 36.1 Å². The fourth-order valence-corrected chi connectivity index (χ4v) is 4.24. The van der Waals surface area contributed by atoms with E-state index in [0.717, 1.165) is 36.9 Å². The molecule has 0 radical (unpaired) electrons. The van der Waals surface area contributed by atoms with Crippen molar-refractivity contribution < 1.29 is 4.79 Å². The first-order chi connectivity index (χ1) is 11.1. The summed E-state index contributed by atoms with van der Waals surface area (Å²) < 4.78 is 0. The van der Waals surface area contributed by atoms with Gasteiger partial charge in [0.25, 0.3) is 0 Å². The van der Waals surface area contributed by atoms with Crippen LogP contribution < -0.4 is 0 Å². The second kappa shape index (κ2) is 9.48. The highest BCUT2D eigenvalue weighted by atomic mass is 32.2. The lowest BCUT2D eigenvalue weighted by atomic mass is 10.0. The van der Waals surface area contributed by atoms with Crippen LogP contribution >= 0.6 is 11.8 Å². The van der Waals surface area contributed by atoms with Gasteiger partial charge in [-0.25, -0.2) is 0 Å². The first kappa shape index (κ1) is 18.5. The van der Waals surface area contributed by atoms with E-state index in [9.17, 15) is 4.79 Å². The van der Waals surface area contributed by atoms with Crippen LogP contribution in [0.3, 0.4) is 0 Å². The first-order valence-electron chi connectivity index (χ1n) is 9.05. The van der Waals surface area contributed by atoms with E-state index in [0.29, 0.717) is 6.42 Å². The minimum Gasteiger partial charge on any atom is -0.303 e. The van der Waals surface area contributed by atoms with Gasteiger partial charge >= 0.3 is 0 Å². The molecule has 23 heavy (non-hydrogen) atoms. The Hall–Kier alpha value is -0.800. The van der Waals surface area contributed by atoms with Gasteiger partial charge in [-0.15, -0.1) is 11.8 Å². The average molecular weight is 334 g/mol. The number of piperidine rings is 1. The van der Waals surface area contributed by atoms with E-state index in [1.165, 1.54) is 36.1 Å². The Labute approximate surface area is 146 Å². The topological polar surface area (TPSA) is 20.3 Å². The van der Waals surface area contributed by atoms with Crippen LogP contribution in [0.2, 0.25) is 0 Å². The Kier molecular flexibility index (Phi) is 7.64. The molecule has 1 heterocycles. The summed E-state index contributed by atoms with van der Waals surface area (Å²) in [5.74, 6) is 2.19. The zero-order chi connectivity index (χ0) is 16.7. The molecule has 0 amide bonds. The Morgan fingerprint density at radius 1 is 1.22 bits per heavy atom. The Morgan fingerprint density at radius 2 is 1.96 bits per heavy atom. The molecule has 0 atom stereocenters. The molecular formula is C20H31NOS. The van der Waals surface area contributed by atoms with Crippen LogP contribution in [-0.2, 0) is 0 Å². The molecule has 2 rings (SSSR count). The van der Waals surface area contributed by atoms with E-state index in [-0.39, 0.29) is 5.78 Å². The molecule has 2 nitrogen and oxygen atoms in total. The number of likely N-dealkylation sites (tertiary alicyclic amines) is 1. The highest BCUT2D eigenvalue weighted by Gasteiger charge is 2.13. The van der Waals surface area contributed by atoms with Crippen molar-refractivity contribution in [3.05, 3.63) is 29.3 Å². The van der Waals surface area contributed by atoms with E-state index in [1.54, 1.807) is 0 Å². The largest absolute Gasteiger partial charge is 0.303 e.